The van der Waals surface area contributed by atoms with E-state index in [4.69, 9.17) is 9.47 Å². The van der Waals surface area contributed by atoms with Crippen LogP contribution in [0.25, 0.3) is 6.08 Å². The van der Waals surface area contributed by atoms with Crippen LogP contribution >= 0.6 is 0 Å². The third-order valence-electron chi connectivity index (χ3n) is 8.91. The van der Waals surface area contributed by atoms with Gasteiger partial charge in [-0.05, 0) is 71.3 Å². The lowest BCUT2D eigenvalue weighted by atomic mass is 9.62. The Kier molecular flexibility index (Phi) is 5.19. The highest BCUT2D eigenvalue weighted by molar-refractivity contribution is 6.16. The molecular weight excluding hydrogens is 535 g/mol. The van der Waals surface area contributed by atoms with Gasteiger partial charge in [0.15, 0.2) is 23.1 Å². The fourth-order valence-electron chi connectivity index (χ4n) is 7.18. The highest BCUT2D eigenvalue weighted by Crippen LogP contribution is 2.62. The molecule has 8 rings (SSSR count). The molecule has 0 saturated carbocycles. The number of anilines is 1. The molecule has 206 valence electrons. The Bertz CT molecular complexity index is 1850. The van der Waals surface area contributed by atoms with Gasteiger partial charge < -0.3 is 19.7 Å². The molecule has 1 amide bonds. The molecule has 0 aromatic heterocycles. The summed E-state index contributed by atoms with van der Waals surface area (Å²) in [6, 6.07) is 23.5. The number of hydrogen-bond donors (Lipinski definition) is 1. The molecule has 1 N–H and O–H groups in total. The van der Waals surface area contributed by atoms with Crippen molar-refractivity contribution in [1.29, 1.82) is 0 Å². The van der Waals surface area contributed by atoms with Gasteiger partial charge in [-0.25, -0.2) is 4.39 Å². The number of ketones is 2. The molecule has 4 aliphatic heterocycles. The highest BCUT2D eigenvalue weighted by Gasteiger charge is 2.70. The smallest absolute Gasteiger partial charge is 0.238 e. The van der Waals surface area contributed by atoms with Crippen molar-refractivity contribution in [3.63, 3.8) is 0 Å². The zero-order chi connectivity index (χ0) is 28.6. The molecule has 0 bridgehead atoms. The van der Waals surface area contributed by atoms with E-state index in [1.807, 2.05) is 65.7 Å². The molecular formula is C34H23FN2O5. The van der Waals surface area contributed by atoms with E-state index in [-0.39, 0.29) is 29.8 Å². The Hall–Kier alpha value is -5.24. The summed E-state index contributed by atoms with van der Waals surface area (Å²) in [5, 5.41) is 3.03. The Morgan fingerprint density at radius 1 is 0.857 bits per heavy atom. The molecule has 4 atom stereocenters. The molecule has 0 radical (unpaired) electrons. The summed E-state index contributed by atoms with van der Waals surface area (Å²) in [6.07, 6.45) is 3.71. The molecule has 42 heavy (non-hydrogen) atoms. The summed E-state index contributed by atoms with van der Waals surface area (Å²) in [4.78, 5) is 45.7. The normalized spacial score (nSPS) is 24.3. The van der Waals surface area contributed by atoms with Gasteiger partial charge in [0.2, 0.25) is 12.7 Å². The minimum atomic E-state index is -1.45. The first-order valence-electron chi connectivity index (χ1n) is 13.7. The molecule has 0 aliphatic carbocycles. The summed E-state index contributed by atoms with van der Waals surface area (Å²) in [6.45, 7) is 0.0409. The van der Waals surface area contributed by atoms with E-state index in [1.54, 1.807) is 18.2 Å². The fourth-order valence-corrected chi connectivity index (χ4v) is 7.18. The quantitative estimate of drug-likeness (QED) is 0.332. The van der Waals surface area contributed by atoms with Crippen LogP contribution in [0.5, 0.6) is 11.5 Å². The van der Waals surface area contributed by atoms with Gasteiger partial charge in [-0.15, -0.1) is 0 Å². The van der Waals surface area contributed by atoms with E-state index < -0.39 is 29.2 Å². The highest BCUT2D eigenvalue weighted by atomic mass is 19.1. The lowest BCUT2D eigenvalue weighted by Gasteiger charge is -2.38. The zero-order valence-electron chi connectivity index (χ0n) is 22.1. The number of hydrogen-bond acceptors (Lipinski definition) is 6. The maximum atomic E-state index is 14.9. The number of para-hydroxylation sites is 1. The standard InChI is InChI=1S/C34H23FN2O5/c35-22-12-9-20(10-13-22)31(39)29-28(30(38)21-11-14-26-27(17-21)42-18-41-26)34(24-7-3-4-8-25(24)36-33(34)40)32-23-6-2-1-5-19(23)15-16-37(29)32/h1-17,28-29,32H,18H2,(H,36,40)/t28-,29+,32-,34+/m1/s1. The first kappa shape index (κ1) is 24.5. The maximum Gasteiger partial charge on any atom is 0.238 e. The number of benzene rings is 4. The fraction of sp³-hybridized carbons (Fsp3) is 0.147. The van der Waals surface area contributed by atoms with Crippen molar-refractivity contribution in [1.82, 2.24) is 4.90 Å². The monoisotopic (exact) mass is 558 g/mol. The van der Waals surface area contributed by atoms with Crippen molar-refractivity contribution < 1.29 is 28.2 Å². The summed E-state index contributed by atoms with van der Waals surface area (Å²) in [5.41, 5.74) is 2.10. The van der Waals surface area contributed by atoms with Crippen LogP contribution in [-0.2, 0) is 10.2 Å². The molecule has 1 saturated heterocycles. The van der Waals surface area contributed by atoms with Crippen LogP contribution in [-0.4, -0.2) is 35.2 Å². The predicted octanol–water partition coefficient (Wildman–Crippen LogP) is 5.54. The number of amides is 1. The molecule has 4 aliphatic rings. The number of nitrogens with one attached hydrogen (secondary N) is 1. The molecule has 0 unspecified atom stereocenters. The van der Waals surface area contributed by atoms with Crippen molar-refractivity contribution in [2.24, 2.45) is 5.92 Å². The van der Waals surface area contributed by atoms with Crippen molar-refractivity contribution >= 4 is 29.2 Å². The number of carbonyl (C=O) groups excluding carboxylic acids is 3. The van der Waals surface area contributed by atoms with Gasteiger partial charge in [-0.3, -0.25) is 14.4 Å². The number of carbonyl (C=O) groups is 3. The van der Waals surface area contributed by atoms with Gasteiger partial charge in [0.05, 0.1) is 12.0 Å². The Labute approximate surface area is 240 Å². The molecule has 1 fully saturated rings. The van der Waals surface area contributed by atoms with Crippen LogP contribution in [0.2, 0.25) is 0 Å². The molecule has 7 nitrogen and oxygen atoms in total. The first-order valence-corrected chi connectivity index (χ1v) is 13.7. The number of halogens is 1. The molecule has 1 spiro atoms. The van der Waals surface area contributed by atoms with Crippen molar-refractivity contribution in [3.05, 3.63) is 131 Å². The van der Waals surface area contributed by atoms with Crippen LogP contribution < -0.4 is 14.8 Å². The number of nitrogens with zero attached hydrogens (tertiary/aromatic N) is 1. The summed E-state index contributed by atoms with van der Waals surface area (Å²) in [7, 11) is 0. The van der Waals surface area contributed by atoms with Gasteiger partial charge in [0.25, 0.3) is 0 Å². The van der Waals surface area contributed by atoms with E-state index in [2.05, 4.69) is 5.32 Å². The van der Waals surface area contributed by atoms with Crippen LogP contribution in [0, 0.1) is 11.7 Å². The van der Waals surface area contributed by atoms with Gasteiger partial charge in [0.1, 0.15) is 17.3 Å². The van der Waals surface area contributed by atoms with Crippen LogP contribution in [0.15, 0.2) is 97.2 Å². The Morgan fingerprint density at radius 3 is 2.45 bits per heavy atom. The van der Waals surface area contributed by atoms with Gasteiger partial charge in [-0.2, -0.15) is 0 Å². The second-order valence-corrected chi connectivity index (χ2v) is 10.9. The molecule has 4 aromatic rings. The lowest BCUT2D eigenvalue weighted by Crippen LogP contribution is -2.49. The predicted molar refractivity (Wildman–Crippen MR) is 152 cm³/mol. The van der Waals surface area contributed by atoms with Crippen molar-refractivity contribution in [2.75, 3.05) is 12.1 Å². The van der Waals surface area contributed by atoms with Crippen molar-refractivity contribution in [3.8, 4) is 11.5 Å². The molecule has 8 heteroatoms. The Balaban J connectivity index is 1.41. The second kappa shape index (κ2) is 8.88. The second-order valence-electron chi connectivity index (χ2n) is 10.9. The maximum absolute atomic E-state index is 14.9. The van der Waals surface area contributed by atoms with E-state index in [9.17, 15) is 18.8 Å². The third-order valence-corrected chi connectivity index (χ3v) is 8.91. The zero-order valence-corrected chi connectivity index (χ0v) is 22.1. The van der Waals surface area contributed by atoms with Gasteiger partial charge >= 0.3 is 0 Å². The largest absolute Gasteiger partial charge is 0.454 e. The first-order chi connectivity index (χ1) is 20.5. The van der Waals surface area contributed by atoms with Crippen LogP contribution in [0.3, 0.4) is 0 Å². The summed E-state index contributed by atoms with van der Waals surface area (Å²) >= 11 is 0. The van der Waals surface area contributed by atoms with E-state index in [1.165, 1.54) is 24.3 Å². The number of Topliss-reactive ketones (excluding diaryl/α,β-unsaturated/α-hetero) is 2. The van der Waals surface area contributed by atoms with E-state index in [0.717, 1.165) is 11.1 Å². The van der Waals surface area contributed by atoms with Crippen LogP contribution in [0.4, 0.5) is 10.1 Å². The minimum Gasteiger partial charge on any atom is -0.454 e. The number of rotatable bonds is 4. The van der Waals surface area contributed by atoms with Gasteiger partial charge in [0, 0.05) is 23.0 Å². The van der Waals surface area contributed by atoms with E-state index >= 15 is 0 Å². The molecule has 4 aromatic carbocycles. The number of ether oxygens (including phenoxy) is 2. The third kappa shape index (κ3) is 3.23. The van der Waals surface area contributed by atoms with E-state index in [0.29, 0.717) is 28.3 Å². The topological polar surface area (TPSA) is 84.9 Å². The average Bonchev–Trinajstić information content (AvgIpc) is 3.70. The Morgan fingerprint density at radius 2 is 1.60 bits per heavy atom. The van der Waals surface area contributed by atoms with Crippen molar-refractivity contribution in [2.45, 2.75) is 17.5 Å². The minimum absolute atomic E-state index is 0.0409. The SMILES string of the molecule is O=C(c1ccc(F)cc1)[C@@H]1[C@H](C(=O)c2ccc3c(c2)OCO3)[C@]2(C(=O)Nc3ccccc32)[C@H]2c3ccccc3C=CN12. The summed E-state index contributed by atoms with van der Waals surface area (Å²) < 4.78 is 24.9. The number of fused-ring (bicyclic) bond motifs is 7. The van der Waals surface area contributed by atoms with Crippen LogP contribution in [0.1, 0.15) is 43.4 Å². The van der Waals surface area contributed by atoms with Gasteiger partial charge in [-0.1, -0.05) is 42.5 Å². The average molecular weight is 559 g/mol. The molecule has 4 heterocycles. The lowest BCUT2D eigenvalue weighted by molar-refractivity contribution is -0.122. The summed E-state index contributed by atoms with van der Waals surface area (Å²) in [5.74, 6) is -1.77.